The first kappa shape index (κ1) is 18.1. The third-order valence-corrected chi connectivity index (χ3v) is 5.07. The molecule has 1 aliphatic rings. The van der Waals surface area contributed by atoms with Gasteiger partial charge in [-0.2, -0.15) is 0 Å². The van der Waals surface area contributed by atoms with Crippen LogP contribution in [0.3, 0.4) is 0 Å². The van der Waals surface area contributed by atoms with E-state index in [0.717, 1.165) is 43.3 Å². The van der Waals surface area contributed by atoms with Crippen molar-refractivity contribution in [2.75, 3.05) is 43.5 Å². The fourth-order valence-electron chi connectivity index (χ4n) is 2.83. The molecule has 0 radical (unpaired) electrons. The SMILES string of the molecule is COc1ccccc1N1CCN(C(=S)Nc2ccc(Cl)cc2Cl)CC1. The van der Waals surface area contributed by atoms with Crippen LogP contribution in [0.15, 0.2) is 42.5 Å². The first-order chi connectivity index (χ1) is 12.1. The van der Waals surface area contributed by atoms with Gasteiger partial charge in [-0.15, -0.1) is 0 Å². The van der Waals surface area contributed by atoms with Gasteiger partial charge in [-0.3, -0.25) is 0 Å². The van der Waals surface area contributed by atoms with Gasteiger partial charge in [0.2, 0.25) is 0 Å². The first-order valence-corrected chi connectivity index (χ1v) is 9.14. The number of methoxy groups -OCH3 is 1. The van der Waals surface area contributed by atoms with Crippen molar-refractivity contribution < 1.29 is 4.74 Å². The van der Waals surface area contributed by atoms with Crippen molar-refractivity contribution in [2.45, 2.75) is 0 Å². The number of nitrogens with zero attached hydrogens (tertiary/aromatic N) is 2. The van der Waals surface area contributed by atoms with Gasteiger partial charge in [-0.1, -0.05) is 35.3 Å². The molecule has 1 N–H and O–H groups in total. The molecular weight excluding hydrogens is 377 g/mol. The zero-order valence-electron chi connectivity index (χ0n) is 13.8. The second-order valence-corrected chi connectivity index (χ2v) is 6.93. The van der Waals surface area contributed by atoms with Crippen LogP contribution in [-0.2, 0) is 0 Å². The molecule has 25 heavy (non-hydrogen) atoms. The third-order valence-electron chi connectivity index (χ3n) is 4.17. The molecule has 1 aliphatic heterocycles. The van der Waals surface area contributed by atoms with Crippen molar-refractivity contribution in [3.05, 3.63) is 52.5 Å². The number of ether oxygens (including phenoxy) is 1. The number of rotatable bonds is 3. The summed E-state index contributed by atoms with van der Waals surface area (Å²) in [5.74, 6) is 0.893. The Morgan fingerprint density at radius 1 is 1.08 bits per heavy atom. The highest BCUT2D eigenvalue weighted by atomic mass is 35.5. The van der Waals surface area contributed by atoms with Crippen molar-refractivity contribution in [2.24, 2.45) is 0 Å². The van der Waals surface area contributed by atoms with E-state index >= 15 is 0 Å². The Hall–Kier alpha value is -1.69. The highest BCUT2D eigenvalue weighted by molar-refractivity contribution is 7.80. The Morgan fingerprint density at radius 3 is 2.48 bits per heavy atom. The smallest absolute Gasteiger partial charge is 0.173 e. The second-order valence-electron chi connectivity index (χ2n) is 5.70. The van der Waals surface area contributed by atoms with Crippen LogP contribution in [0.2, 0.25) is 10.0 Å². The molecule has 2 aromatic rings. The lowest BCUT2D eigenvalue weighted by Gasteiger charge is -2.37. The summed E-state index contributed by atoms with van der Waals surface area (Å²) in [5, 5.41) is 5.04. The molecule has 1 heterocycles. The average molecular weight is 396 g/mol. The molecule has 0 spiro atoms. The third kappa shape index (κ3) is 4.29. The zero-order valence-corrected chi connectivity index (χ0v) is 16.2. The predicted octanol–water partition coefficient (Wildman–Crippen LogP) is 4.52. The standard InChI is InChI=1S/C18H19Cl2N3OS/c1-24-17-5-3-2-4-16(17)22-8-10-23(11-9-22)18(25)21-15-7-6-13(19)12-14(15)20/h2-7,12H,8-11H2,1H3,(H,21,25). The summed E-state index contributed by atoms with van der Waals surface area (Å²) in [7, 11) is 1.70. The summed E-state index contributed by atoms with van der Waals surface area (Å²) < 4.78 is 5.46. The summed E-state index contributed by atoms with van der Waals surface area (Å²) in [6.07, 6.45) is 0. The molecule has 7 heteroatoms. The highest BCUT2D eigenvalue weighted by Gasteiger charge is 2.21. The minimum atomic E-state index is 0.558. The maximum atomic E-state index is 6.20. The molecule has 0 aliphatic carbocycles. The average Bonchev–Trinajstić information content (AvgIpc) is 2.64. The number of thiocarbonyl (C=S) groups is 1. The number of para-hydroxylation sites is 2. The molecule has 1 fully saturated rings. The summed E-state index contributed by atoms with van der Waals surface area (Å²) in [5.41, 5.74) is 1.88. The first-order valence-electron chi connectivity index (χ1n) is 7.97. The molecule has 0 amide bonds. The quantitative estimate of drug-likeness (QED) is 0.771. The molecule has 4 nitrogen and oxygen atoms in total. The van der Waals surface area contributed by atoms with Gasteiger partial charge in [0.15, 0.2) is 5.11 Å². The van der Waals surface area contributed by atoms with Gasteiger partial charge in [0, 0.05) is 31.2 Å². The molecule has 0 atom stereocenters. The number of benzene rings is 2. The van der Waals surface area contributed by atoms with Gasteiger partial charge < -0.3 is 19.9 Å². The van der Waals surface area contributed by atoms with E-state index in [0.29, 0.717) is 15.2 Å². The van der Waals surface area contributed by atoms with Gasteiger partial charge in [0.05, 0.1) is 23.5 Å². The minimum absolute atomic E-state index is 0.558. The van der Waals surface area contributed by atoms with E-state index < -0.39 is 0 Å². The maximum absolute atomic E-state index is 6.20. The van der Waals surface area contributed by atoms with E-state index in [9.17, 15) is 0 Å². The Morgan fingerprint density at radius 2 is 1.80 bits per heavy atom. The van der Waals surface area contributed by atoms with Crippen molar-refractivity contribution in [1.29, 1.82) is 0 Å². The van der Waals surface area contributed by atoms with Gasteiger partial charge in [0.25, 0.3) is 0 Å². The lowest BCUT2D eigenvalue weighted by molar-refractivity contribution is 0.382. The van der Waals surface area contributed by atoms with Crippen LogP contribution in [0, 0.1) is 0 Å². The lowest BCUT2D eigenvalue weighted by Crippen LogP contribution is -2.50. The van der Waals surface area contributed by atoms with Crippen LogP contribution >= 0.6 is 35.4 Å². The van der Waals surface area contributed by atoms with E-state index in [1.54, 1.807) is 19.2 Å². The van der Waals surface area contributed by atoms with E-state index in [1.165, 1.54) is 0 Å². The van der Waals surface area contributed by atoms with Crippen LogP contribution in [-0.4, -0.2) is 43.3 Å². The van der Waals surface area contributed by atoms with Crippen LogP contribution in [0.5, 0.6) is 5.75 Å². The normalized spacial score (nSPS) is 14.4. The van der Waals surface area contributed by atoms with Crippen molar-refractivity contribution >= 4 is 51.9 Å². The number of hydrogen-bond acceptors (Lipinski definition) is 3. The number of halogens is 2. The summed E-state index contributed by atoms with van der Waals surface area (Å²) >= 11 is 17.7. The lowest BCUT2D eigenvalue weighted by atomic mass is 10.2. The van der Waals surface area contributed by atoms with Gasteiger partial charge in [-0.05, 0) is 42.5 Å². The summed E-state index contributed by atoms with van der Waals surface area (Å²) in [6, 6.07) is 13.4. The van der Waals surface area contributed by atoms with Crippen LogP contribution in [0.4, 0.5) is 11.4 Å². The molecule has 2 aromatic carbocycles. The monoisotopic (exact) mass is 395 g/mol. The van der Waals surface area contributed by atoms with Crippen LogP contribution in [0.1, 0.15) is 0 Å². The van der Waals surface area contributed by atoms with Crippen molar-refractivity contribution in [1.82, 2.24) is 4.90 Å². The summed E-state index contributed by atoms with van der Waals surface area (Å²) in [6.45, 7) is 3.40. The number of anilines is 2. The molecule has 0 saturated carbocycles. The molecule has 132 valence electrons. The Bertz CT molecular complexity index is 764. The molecule has 3 rings (SSSR count). The van der Waals surface area contributed by atoms with Crippen molar-refractivity contribution in [3.63, 3.8) is 0 Å². The molecule has 0 bridgehead atoms. The van der Waals surface area contributed by atoms with E-state index in [-0.39, 0.29) is 0 Å². The molecule has 0 aromatic heterocycles. The number of piperazine rings is 1. The second kappa shape index (κ2) is 8.13. The maximum Gasteiger partial charge on any atom is 0.173 e. The fourth-order valence-corrected chi connectivity index (χ4v) is 3.57. The fraction of sp³-hybridized carbons (Fsp3) is 0.278. The van der Waals surface area contributed by atoms with Gasteiger partial charge >= 0.3 is 0 Å². The van der Waals surface area contributed by atoms with Crippen LogP contribution in [0.25, 0.3) is 0 Å². The predicted molar refractivity (Wildman–Crippen MR) is 109 cm³/mol. The zero-order chi connectivity index (χ0) is 17.8. The van der Waals surface area contributed by atoms with Crippen LogP contribution < -0.4 is 15.0 Å². The number of hydrogen-bond donors (Lipinski definition) is 1. The van der Waals surface area contributed by atoms with Crippen molar-refractivity contribution in [3.8, 4) is 5.75 Å². The van der Waals surface area contributed by atoms with E-state index in [1.807, 2.05) is 24.3 Å². The minimum Gasteiger partial charge on any atom is -0.495 e. The Kier molecular flexibility index (Phi) is 5.89. The van der Waals surface area contributed by atoms with E-state index in [2.05, 4.69) is 21.2 Å². The van der Waals surface area contributed by atoms with Gasteiger partial charge in [0.1, 0.15) is 5.75 Å². The summed E-state index contributed by atoms with van der Waals surface area (Å²) in [4.78, 5) is 4.46. The Labute approximate surface area is 163 Å². The Balaban J connectivity index is 1.61. The van der Waals surface area contributed by atoms with Gasteiger partial charge in [-0.25, -0.2) is 0 Å². The molecular formula is C18H19Cl2N3OS. The molecule has 0 unspecified atom stereocenters. The largest absolute Gasteiger partial charge is 0.495 e. The topological polar surface area (TPSA) is 27.7 Å². The van der Waals surface area contributed by atoms with E-state index in [4.69, 9.17) is 40.2 Å². The highest BCUT2D eigenvalue weighted by Crippen LogP contribution is 2.29. The number of nitrogens with one attached hydrogen (secondary N) is 1. The molecule has 1 saturated heterocycles.